The molecule has 122 valence electrons. The highest BCUT2D eigenvalue weighted by Gasteiger charge is 2.21. The molecule has 1 rings (SSSR count). The van der Waals surface area contributed by atoms with Crippen molar-refractivity contribution < 1.29 is 14.3 Å². The number of rotatable bonds is 7. The molecule has 0 bridgehead atoms. The van der Waals surface area contributed by atoms with Crippen LogP contribution in [0.2, 0.25) is 0 Å². The highest BCUT2D eigenvalue weighted by molar-refractivity contribution is 5.77. The van der Waals surface area contributed by atoms with E-state index in [-0.39, 0.29) is 23.9 Å². The summed E-state index contributed by atoms with van der Waals surface area (Å²) >= 11 is 0. The van der Waals surface area contributed by atoms with E-state index in [4.69, 9.17) is 4.74 Å². The van der Waals surface area contributed by atoms with Crippen LogP contribution in [-0.4, -0.2) is 49.1 Å². The van der Waals surface area contributed by atoms with E-state index in [0.717, 1.165) is 39.0 Å². The van der Waals surface area contributed by atoms with Crippen LogP contribution in [0.5, 0.6) is 0 Å². The number of hydrogen-bond acceptors (Lipinski definition) is 4. The number of ether oxygens (including phenoxy) is 1. The fourth-order valence-electron chi connectivity index (χ4n) is 2.54. The van der Waals surface area contributed by atoms with Crippen LogP contribution in [-0.2, 0) is 14.3 Å². The monoisotopic (exact) mass is 298 g/mol. The minimum atomic E-state index is -0.125. The Morgan fingerprint density at radius 3 is 2.62 bits per heavy atom. The van der Waals surface area contributed by atoms with Crippen LogP contribution >= 0.6 is 0 Å². The minimum absolute atomic E-state index is 0.0375. The van der Waals surface area contributed by atoms with Gasteiger partial charge in [0.1, 0.15) is 0 Å². The van der Waals surface area contributed by atoms with Crippen molar-refractivity contribution in [2.24, 2.45) is 11.8 Å². The first-order chi connectivity index (χ1) is 9.88. The Hall–Kier alpha value is -1.10. The van der Waals surface area contributed by atoms with Crippen LogP contribution in [0.1, 0.15) is 47.0 Å². The lowest BCUT2D eigenvalue weighted by Gasteiger charge is -2.32. The summed E-state index contributed by atoms with van der Waals surface area (Å²) in [6.07, 6.45) is 2.67. The molecule has 0 aromatic heterocycles. The molecule has 21 heavy (non-hydrogen) atoms. The van der Waals surface area contributed by atoms with Gasteiger partial charge in [0.15, 0.2) is 0 Å². The zero-order chi connectivity index (χ0) is 15.8. The summed E-state index contributed by atoms with van der Waals surface area (Å²) in [5, 5.41) is 3.01. The summed E-state index contributed by atoms with van der Waals surface area (Å²) in [5.41, 5.74) is 0. The normalized spacial score (nSPS) is 19.8. The quantitative estimate of drug-likeness (QED) is 0.728. The van der Waals surface area contributed by atoms with Gasteiger partial charge in [0.25, 0.3) is 0 Å². The number of carbonyl (C=O) groups excluding carboxylic acids is 2. The molecule has 1 amide bonds. The van der Waals surface area contributed by atoms with Gasteiger partial charge >= 0.3 is 5.97 Å². The van der Waals surface area contributed by atoms with Crippen molar-refractivity contribution in [3.05, 3.63) is 0 Å². The third-order valence-electron chi connectivity index (χ3n) is 3.69. The number of esters is 1. The van der Waals surface area contributed by atoms with Crippen molar-refractivity contribution in [1.29, 1.82) is 0 Å². The van der Waals surface area contributed by atoms with Gasteiger partial charge in [-0.3, -0.25) is 9.59 Å². The van der Waals surface area contributed by atoms with Gasteiger partial charge in [-0.05, 0) is 39.2 Å². The van der Waals surface area contributed by atoms with Crippen molar-refractivity contribution in [2.75, 3.05) is 26.2 Å². The van der Waals surface area contributed by atoms with Crippen LogP contribution in [0, 0.1) is 11.8 Å². The summed E-state index contributed by atoms with van der Waals surface area (Å²) in [7, 11) is 0. The third-order valence-corrected chi connectivity index (χ3v) is 3.69. The van der Waals surface area contributed by atoms with Crippen molar-refractivity contribution in [1.82, 2.24) is 10.2 Å². The average molecular weight is 298 g/mol. The van der Waals surface area contributed by atoms with E-state index in [2.05, 4.69) is 10.2 Å². The zero-order valence-electron chi connectivity index (χ0n) is 13.9. The number of amides is 1. The van der Waals surface area contributed by atoms with Crippen LogP contribution in [0.4, 0.5) is 0 Å². The molecule has 1 unspecified atom stereocenters. The van der Waals surface area contributed by atoms with E-state index >= 15 is 0 Å². The molecule has 1 atom stereocenters. The number of hydrogen-bond donors (Lipinski definition) is 1. The number of carbonyl (C=O) groups is 2. The second-order valence-electron chi connectivity index (χ2n) is 6.50. The smallest absolute Gasteiger partial charge is 0.307 e. The largest absolute Gasteiger partial charge is 0.463 e. The predicted octanol–water partition coefficient (Wildman–Crippen LogP) is 1.81. The van der Waals surface area contributed by atoms with Crippen molar-refractivity contribution in [2.45, 2.75) is 53.1 Å². The fourth-order valence-corrected chi connectivity index (χ4v) is 2.54. The van der Waals surface area contributed by atoms with Crippen molar-refractivity contribution in [3.8, 4) is 0 Å². The summed E-state index contributed by atoms with van der Waals surface area (Å²) in [5.74, 6) is 0.519. The molecule has 1 saturated heterocycles. The van der Waals surface area contributed by atoms with Crippen LogP contribution < -0.4 is 5.32 Å². The molecule has 1 N–H and O–H groups in total. The van der Waals surface area contributed by atoms with Gasteiger partial charge in [0, 0.05) is 25.6 Å². The molecule has 1 aliphatic heterocycles. The van der Waals surface area contributed by atoms with E-state index in [1.807, 2.05) is 27.7 Å². The molecule has 0 saturated carbocycles. The first-order valence-electron chi connectivity index (χ1n) is 8.08. The summed E-state index contributed by atoms with van der Waals surface area (Å²) in [4.78, 5) is 25.5. The molecule has 0 aromatic rings. The molecule has 5 heteroatoms. The standard InChI is InChI=1S/C16H30N2O3/c1-12(2)16(20)17-10-14-6-5-8-18(11-14)9-7-15(19)21-13(3)4/h12-14H,5-11H2,1-4H3,(H,17,20). The summed E-state index contributed by atoms with van der Waals surface area (Å²) in [6, 6.07) is 0. The van der Waals surface area contributed by atoms with Crippen LogP contribution in [0.25, 0.3) is 0 Å². The molecule has 0 radical (unpaired) electrons. The molecule has 1 aliphatic rings. The summed E-state index contributed by atoms with van der Waals surface area (Å²) < 4.78 is 5.15. The van der Waals surface area contributed by atoms with Crippen LogP contribution in [0.3, 0.4) is 0 Å². The van der Waals surface area contributed by atoms with E-state index in [0.29, 0.717) is 12.3 Å². The number of likely N-dealkylation sites (tertiary alicyclic amines) is 1. The molecule has 1 fully saturated rings. The summed E-state index contributed by atoms with van der Waals surface area (Å²) in [6.45, 7) is 11.0. The molecular formula is C16H30N2O3. The first kappa shape index (κ1) is 18.0. The predicted molar refractivity (Wildman–Crippen MR) is 82.9 cm³/mol. The SMILES string of the molecule is CC(C)OC(=O)CCN1CCCC(CNC(=O)C(C)C)C1. The lowest BCUT2D eigenvalue weighted by atomic mass is 9.97. The van der Waals surface area contributed by atoms with Crippen molar-refractivity contribution >= 4 is 11.9 Å². The molecule has 0 aromatic carbocycles. The highest BCUT2D eigenvalue weighted by atomic mass is 16.5. The number of piperidine rings is 1. The van der Waals surface area contributed by atoms with E-state index < -0.39 is 0 Å². The highest BCUT2D eigenvalue weighted by Crippen LogP contribution is 2.16. The van der Waals surface area contributed by atoms with E-state index in [1.165, 1.54) is 0 Å². The Labute approximate surface area is 128 Å². The van der Waals surface area contributed by atoms with Gasteiger partial charge in [-0.15, -0.1) is 0 Å². The third kappa shape index (κ3) is 7.46. The minimum Gasteiger partial charge on any atom is -0.463 e. The molecule has 0 spiro atoms. The Kier molecular flexibility index (Phi) is 7.72. The van der Waals surface area contributed by atoms with Gasteiger partial charge in [-0.1, -0.05) is 13.8 Å². The topological polar surface area (TPSA) is 58.6 Å². The Balaban J connectivity index is 2.25. The molecule has 5 nitrogen and oxygen atoms in total. The van der Waals surface area contributed by atoms with Gasteiger partial charge < -0.3 is 15.0 Å². The van der Waals surface area contributed by atoms with Crippen molar-refractivity contribution in [3.63, 3.8) is 0 Å². The fraction of sp³-hybridized carbons (Fsp3) is 0.875. The maximum absolute atomic E-state index is 11.6. The lowest BCUT2D eigenvalue weighted by molar-refractivity contribution is -0.147. The van der Waals surface area contributed by atoms with Crippen LogP contribution in [0.15, 0.2) is 0 Å². The Morgan fingerprint density at radius 1 is 1.29 bits per heavy atom. The second-order valence-corrected chi connectivity index (χ2v) is 6.50. The number of nitrogens with zero attached hydrogens (tertiary/aromatic N) is 1. The van der Waals surface area contributed by atoms with E-state index in [1.54, 1.807) is 0 Å². The van der Waals surface area contributed by atoms with Gasteiger partial charge in [-0.25, -0.2) is 0 Å². The number of nitrogens with one attached hydrogen (secondary N) is 1. The lowest BCUT2D eigenvalue weighted by Crippen LogP contribution is -2.42. The average Bonchev–Trinajstić information content (AvgIpc) is 2.42. The first-order valence-corrected chi connectivity index (χ1v) is 8.08. The Bertz CT molecular complexity index is 342. The van der Waals surface area contributed by atoms with Gasteiger partial charge in [0.2, 0.25) is 5.91 Å². The van der Waals surface area contributed by atoms with Gasteiger partial charge in [-0.2, -0.15) is 0 Å². The molecule has 1 heterocycles. The molecule has 0 aliphatic carbocycles. The van der Waals surface area contributed by atoms with Gasteiger partial charge in [0.05, 0.1) is 12.5 Å². The zero-order valence-corrected chi connectivity index (χ0v) is 13.9. The second kappa shape index (κ2) is 9.03. The Morgan fingerprint density at radius 2 is 2.00 bits per heavy atom. The maximum atomic E-state index is 11.6. The van der Waals surface area contributed by atoms with E-state index in [9.17, 15) is 9.59 Å². The maximum Gasteiger partial charge on any atom is 0.307 e. The molecular weight excluding hydrogens is 268 g/mol.